The van der Waals surface area contributed by atoms with E-state index in [9.17, 15) is 25.5 Å². The predicted molar refractivity (Wildman–Crippen MR) is 213 cm³/mol. The van der Waals surface area contributed by atoms with Crippen molar-refractivity contribution in [3.05, 3.63) is 146 Å². The third-order valence-electron chi connectivity index (χ3n) is 10.1. The number of aromatic nitrogens is 5. The molecule has 3 heterocycles. The number of hydrogen-bond donors (Lipinski definition) is 5. The summed E-state index contributed by atoms with van der Waals surface area (Å²) in [6.07, 6.45) is 0. The number of phenols is 5. The fraction of sp³-hybridized carbons (Fsp3) is 0. The van der Waals surface area contributed by atoms with Crippen LogP contribution in [0.25, 0.3) is 89.2 Å². The molecule has 0 radical (unpaired) electrons. The van der Waals surface area contributed by atoms with E-state index < -0.39 is 28.7 Å². The summed E-state index contributed by atoms with van der Waals surface area (Å²) in [5, 5.41) is 55.7. The quantitative estimate of drug-likeness (QED) is 0.0872. The minimum Gasteiger partial charge on any atom is -0.504 e. The Morgan fingerprint density at radius 2 is 0.800 bits per heavy atom. The van der Waals surface area contributed by atoms with Crippen molar-refractivity contribution >= 4 is 43.6 Å². The van der Waals surface area contributed by atoms with E-state index in [0.29, 0.717) is 23.2 Å². The van der Waals surface area contributed by atoms with Crippen molar-refractivity contribution in [2.24, 2.45) is 0 Å². The SMILES string of the molecule is Oc1c(O)c(O)c(-c2ccc(-c3nc(-c4ccccc4)nc(-n4c5ccccc5c5cc6c7ccccc7n(-c7ccccc7)c6cc54)n3)cc2)c(O)c1O. The van der Waals surface area contributed by atoms with Gasteiger partial charge >= 0.3 is 0 Å². The van der Waals surface area contributed by atoms with Crippen LogP contribution in [0.3, 0.4) is 0 Å². The summed E-state index contributed by atoms with van der Waals surface area (Å²) in [6, 6.07) is 47.7. The number of aromatic hydroxyl groups is 5. The predicted octanol–water partition coefficient (Wildman–Crippen LogP) is 9.59. The average molecular weight is 720 g/mol. The lowest BCUT2D eigenvalue weighted by Crippen LogP contribution is -2.06. The molecule has 0 aliphatic heterocycles. The van der Waals surface area contributed by atoms with E-state index >= 15 is 0 Å². The van der Waals surface area contributed by atoms with Crippen molar-refractivity contribution in [3.8, 4) is 74.3 Å². The highest BCUT2D eigenvalue weighted by Gasteiger charge is 2.25. The van der Waals surface area contributed by atoms with Gasteiger partial charge in [0.1, 0.15) is 0 Å². The van der Waals surface area contributed by atoms with Crippen LogP contribution in [0.15, 0.2) is 146 Å². The number of fused-ring (bicyclic) bond motifs is 6. The molecule has 0 unspecified atom stereocenters. The normalized spacial score (nSPS) is 11.6. The van der Waals surface area contributed by atoms with Gasteiger partial charge in [0.2, 0.25) is 23.2 Å². The molecule has 7 aromatic carbocycles. The molecule has 0 bridgehead atoms. The zero-order valence-electron chi connectivity index (χ0n) is 28.8. The van der Waals surface area contributed by atoms with Crippen LogP contribution in [0.1, 0.15) is 0 Å². The van der Waals surface area contributed by atoms with Crippen molar-refractivity contribution in [3.63, 3.8) is 0 Å². The molecule has 264 valence electrons. The van der Waals surface area contributed by atoms with Crippen molar-refractivity contribution in [2.75, 3.05) is 0 Å². The zero-order valence-corrected chi connectivity index (χ0v) is 28.8. The molecule has 3 aromatic heterocycles. The van der Waals surface area contributed by atoms with Gasteiger partial charge in [0.05, 0.1) is 27.6 Å². The second kappa shape index (κ2) is 12.1. The minimum absolute atomic E-state index is 0.245. The molecule has 55 heavy (non-hydrogen) atoms. The van der Waals surface area contributed by atoms with Crippen LogP contribution in [0.2, 0.25) is 0 Å². The van der Waals surface area contributed by atoms with Gasteiger partial charge in [0.15, 0.2) is 23.1 Å². The molecule has 10 nitrogen and oxygen atoms in total. The van der Waals surface area contributed by atoms with Crippen molar-refractivity contribution in [1.29, 1.82) is 0 Å². The zero-order chi connectivity index (χ0) is 37.4. The monoisotopic (exact) mass is 719 g/mol. The smallest absolute Gasteiger partial charge is 0.238 e. The van der Waals surface area contributed by atoms with Crippen LogP contribution in [-0.2, 0) is 0 Å². The largest absolute Gasteiger partial charge is 0.504 e. The van der Waals surface area contributed by atoms with Crippen LogP contribution < -0.4 is 0 Å². The molecule has 0 saturated heterocycles. The lowest BCUT2D eigenvalue weighted by molar-refractivity contribution is 0.330. The third-order valence-corrected chi connectivity index (χ3v) is 10.1. The molecule has 10 rings (SSSR count). The first-order chi connectivity index (χ1) is 26.9. The maximum Gasteiger partial charge on any atom is 0.238 e. The molecule has 10 heteroatoms. The molecule has 5 N–H and O–H groups in total. The first kappa shape index (κ1) is 31.9. The summed E-state index contributed by atoms with van der Waals surface area (Å²) < 4.78 is 4.35. The Hall–Kier alpha value is -7.85. The summed E-state index contributed by atoms with van der Waals surface area (Å²) >= 11 is 0. The Labute approximate surface area is 312 Å². The highest BCUT2D eigenvalue weighted by molar-refractivity contribution is 6.19. The number of para-hydroxylation sites is 3. The van der Waals surface area contributed by atoms with Gasteiger partial charge in [-0.1, -0.05) is 109 Å². The molecule has 0 aliphatic rings. The molecule has 0 amide bonds. The van der Waals surface area contributed by atoms with Crippen LogP contribution in [0.4, 0.5) is 0 Å². The number of nitrogens with zero attached hydrogens (tertiary/aromatic N) is 5. The van der Waals surface area contributed by atoms with Crippen LogP contribution >= 0.6 is 0 Å². The first-order valence-corrected chi connectivity index (χ1v) is 17.5. The Bertz CT molecular complexity index is 3110. The molecule has 0 atom stereocenters. The van der Waals surface area contributed by atoms with Gasteiger partial charge in [-0.25, -0.2) is 4.98 Å². The molecule has 0 aliphatic carbocycles. The van der Waals surface area contributed by atoms with E-state index in [4.69, 9.17) is 15.0 Å². The van der Waals surface area contributed by atoms with Gasteiger partial charge in [0, 0.05) is 38.4 Å². The second-order valence-corrected chi connectivity index (χ2v) is 13.3. The molecular formula is C45H29N5O5. The van der Waals surface area contributed by atoms with Crippen LogP contribution in [0.5, 0.6) is 28.7 Å². The van der Waals surface area contributed by atoms with E-state index in [1.54, 1.807) is 24.3 Å². The molecule has 0 spiro atoms. The van der Waals surface area contributed by atoms with E-state index in [1.165, 1.54) is 0 Å². The topological polar surface area (TPSA) is 150 Å². The van der Waals surface area contributed by atoms with E-state index in [0.717, 1.165) is 54.9 Å². The van der Waals surface area contributed by atoms with Crippen molar-refractivity contribution in [2.45, 2.75) is 0 Å². The van der Waals surface area contributed by atoms with Gasteiger partial charge in [-0.05, 0) is 42.0 Å². The average Bonchev–Trinajstić information content (AvgIpc) is 3.74. The molecule has 0 saturated carbocycles. The fourth-order valence-corrected chi connectivity index (χ4v) is 7.56. The lowest BCUT2D eigenvalue weighted by atomic mass is 10.00. The van der Waals surface area contributed by atoms with E-state index in [1.807, 2.05) is 60.7 Å². The maximum atomic E-state index is 10.6. The number of phenolic OH excluding ortho intramolecular Hbond substituents is 5. The van der Waals surface area contributed by atoms with E-state index in [2.05, 4.69) is 69.8 Å². The lowest BCUT2D eigenvalue weighted by Gasteiger charge is -2.13. The number of hydrogen-bond acceptors (Lipinski definition) is 8. The molecular weight excluding hydrogens is 691 g/mol. The Morgan fingerprint density at radius 3 is 1.40 bits per heavy atom. The second-order valence-electron chi connectivity index (χ2n) is 13.3. The number of benzene rings is 7. The standard InChI is InChI=1S/C45H29N5O5/c51-38-37(39(52)41(54)42(55)40(38)53)25-19-21-27(22-20-25)44-46-43(26-11-3-1-4-12-26)47-45(48-44)50-34-18-10-8-16-30(34)32-23-31-29-15-7-9-17-33(29)49(35(31)24-36(32)50)28-13-5-2-6-14-28/h1-24,51-55H. The summed E-state index contributed by atoms with van der Waals surface area (Å²) in [7, 11) is 0. The van der Waals surface area contributed by atoms with Gasteiger partial charge in [0.25, 0.3) is 0 Å². The van der Waals surface area contributed by atoms with Gasteiger partial charge in [-0.2, -0.15) is 9.97 Å². The first-order valence-electron chi connectivity index (χ1n) is 17.5. The Morgan fingerprint density at radius 1 is 0.345 bits per heavy atom. The summed E-state index contributed by atoms with van der Waals surface area (Å²) in [5.74, 6) is -3.24. The maximum absolute atomic E-state index is 10.6. The van der Waals surface area contributed by atoms with Gasteiger partial charge in [-0.15, -0.1) is 0 Å². The van der Waals surface area contributed by atoms with Gasteiger partial charge in [-0.3, -0.25) is 4.57 Å². The van der Waals surface area contributed by atoms with Crippen molar-refractivity contribution in [1.82, 2.24) is 24.1 Å². The minimum atomic E-state index is -1.02. The third kappa shape index (κ3) is 4.85. The van der Waals surface area contributed by atoms with Gasteiger partial charge < -0.3 is 30.1 Å². The fourth-order valence-electron chi connectivity index (χ4n) is 7.56. The summed E-state index contributed by atoms with van der Waals surface area (Å²) in [4.78, 5) is 15.1. The Balaban J connectivity index is 1.22. The molecule has 10 aromatic rings. The Kier molecular flexibility index (Phi) is 7.01. The van der Waals surface area contributed by atoms with Crippen LogP contribution in [0, 0.1) is 0 Å². The van der Waals surface area contributed by atoms with Crippen molar-refractivity contribution < 1.29 is 25.5 Å². The van der Waals surface area contributed by atoms with Crippen LogP contribution in [-0.4, -0.2) is 49.6 Å². The molecule has 0 fully saturated rings. The van der Waals surface area contributed by atoms with E-state index in [-0.39, 0.29) is 11.1 Å². The number of rotatable bonds is 5. The summed E-state index contributed by atoms with van der Waals surface area (Å²) in [5.41, 5.74) is 6.44. The highest BCUT2D eigenvalue weighted by atomic mass is 16.4. The summed E-state index contributed by atoms with van der Waals surface area (Å²) in [6.45, 7) is 0. The highest BCUT2D eigenvalue weighted by Crippen LogP contribution is 2.54.